The number of carbonyl (C=O) groups is 1. The number of amides is 1. The van der Waals surface area contributed by atoms with Crippen molar-refractivity contribution in [3.8, 4) is 5.88 Å². The van der Waals surface area contributed by atoms with Crippen molar-refractivity contribution in [2.75, 3.05) is 64.5 Å². The van der Waals surface area contributed by atoms with E-state index in [9.17, 15) is 4.79 Å². The molecule has 1 saturated heterocycles. The molecular weight excluding hydrogens is 544 g/mol. The van der Waals surface area contributed by atoms with Crippen molar-refractivity contribution < 1.29 is 14.3 Å². The minimum Gasteiger partial charge on any atom is -0.478 e. The minimum atomic E-state index is 0.117. The number of ether oxygens (including phenoxy) is 2. The molecule has 5 rings (SSSR count). The largest absolute Gasteiger partial charge is 0.478 e. The Kier molecular flexibility index (Phi) is 10.1. The van der Waals surface area contributed by atoms with Gasteiger partial charge in [0.2, 0.25) is 11.8 Å². The number of hydrogen-bond donors (Lipinski definition) is 0. The Morgan fingerprint density at radius 2 is 1.84 bits per heavy atom. The van der Waals surface area contributed by atoms with Crippen LogP contribution in [0, 0.1) is 11.8 Å². The Balaban J connectivity index is 1.15. The Labute approximate surface area is 255 Å². The molecule has 1 aliphatic heterocycles. The van der Waals surface area contributed by atoms with E-state index in [-0.39, 0.29) is 11.5 Å². The second kappa shape index (κ2) is 14.0. The molecule has 2 aliphatic rings. The smallest absolute Gasteiger partial charge is 0.225 e. The predicted octanol–water partition coefficient (Wildman–Crippen LogP) is 3.87. The van der Waals surface area contributed by atoms with Crippen molar-refractivity contribution in [2.45, 2.75) is 65.5 Å². The Hall–Kier alpha value is -3.31. The van der Waals surface area contributed by atoms with Gasteiger partial charge in [0.1, 0.15) is 12.1 Å². The van der Waals surface area contributed by atoms with E-state index in [2.05, 4.69) is 55.5 Å². The highest BCUT2D eigenvalue weighted by Gasteiger charge is 2.33. The van der Waals surface area contributed by atoms with Crippen LogP contribution in [-0.2, 0) is 16.1 Å². The standard InChI is InChI=1S/C32H48N8O3/c1-6-43-28-9-7-8-26(36-28)22-40-30-27(20-35-40)29(33-23-34-30)37-14-16-38(17-15-37)31(41)25-12-10-24(11-13-25)21-39(18-19-42-5)32(2,3)4/h7-9,20,23-25H,6,10-19,21-22H2,1-5H3. The molecular formula is C32H48N8O3. The number of hydrogen-bond acceptors (Lipinski definition) is 9. The molecule has 43 heavy (non-hydrogen) atoms. The van der Waals surface area contributed by atoms with Gasteiger partial charge in [0, 0.05) is 63.9 Å². The summed E-state index contributed by atoms with van der Waals surface area (Å²) in [5.74, 6) is 2.59. The fourth-order valence-electron chi connectivity index (χ4n) is 6.38. The topological polar surface area (TPSA) is 102 Å². The fourth-order valence-corrected chi connectivity index (χ4v) is 6.38. The lowest BCUT2D eigenvalue weighted by molar-refractivity contribution is -0.137. The van der Waals surface area contributed by atoms with Gasteiger partial charge in [0.25, 0.3) is 0 Å². The molecule has 1 saturated carbocycles. The summed E-state index contributed by atoms with van der Waals surface area (Å²) in [4.78, 5) is 34.1. The normalized spacial score (nSPS) is 19.8. The van der Waals surface area contributed by atoms with Crippen molar-refractivity contribution in [1.29, 1.82) is 0 Å². The summed E-state index contributed by atoms with van der Waals surface area (Å²) in [6.07, 6.45) is 7.64. The van der Waals surface area contributed by atoms with Gasteiger partial charge >= 0.3 is 0 Å². The molecule has 234 valence electrons. The number of nitrogens with zero attached hydrogens (tertiary/aromatic N) is 8. The molecule has 0 N–H and O–H groups in total. The van der Waals surface area contributed by atoms with Gasteiger partial charge in [-0.3, -0.25) is 9.69 Å². The van der Waals surface area contributed by atoms with E-state index in [1.807, 2.05) is 36.0 Å². The van der Waals surface area contributed by atoms with Crippen LogP contribution in [0.5, 0.6) is 5.88 Å². The van der Waals surface area contributed by atoms with Gasteiger partial charge in [-0.25, -0.2) is 19.6 Å². The van der Waals surface area contributed by atoms with Crippen LogP contribution in [0.25, 0.3) is 11.0 Å². The average molecular weight is 593 g/mol. The highest BCUT2D eigenvalue weighted by molar-refractivity contribution is 5.87. The molecule has 0 bridgehead atoms. The van der Waals surface area contributed by atoms with Crippen molar-refractivity contribution in [2.24, 2.45) is 11.8 Å². The second-order valence-electron chi connectivity index (χ2n) is 12.8. The van der Waals surface area contributed by atoms with Gasteiger partial charge in [0.05, 0.1) is 37.0 Å². The highest BCUT2D eigenvalue weighted by Crippen LogP contribution is 2.32. The van der Waals surface area contributed by atoms with Gasteiger partial charge < -0.3 is 19.3 Å². The van der Waals surface area contributed by atoms with E-state index >= 15 is 0 Å². The van der Waals surface area contributed by atoms with Crippen LogP contribution >= 0.6 is 0 Å². The van der Waals surface area contributed by atoms with Crippen molar-refractivity contribution in [1.82, 2.24) is 34.5 Å². The van der Waals surface area contributed by atoms with Crippen LogP contribution in [0.4, 0.5) is 5.82 Å². The third-order valence-electron chi connectivity index (χ3n) is 8.88. The number of fused-ring (bicyclic) bond motifs is 1. The lowest BCUT2D eigenvalue weighted by Gasteiger charge is -2.41. The van der Waals surface area contributed by atoms with Gasteiger partial charge in [0.15, 0.2) is 5.65 Å². The Morgan fingerprint density at radius 3 is 2.53 bits per heavy atom. The van der Waals surface area contributed by atoms with Crippen LogP contribution < -0.4 is 9.64 Å². The maximum Gasteiger partial charge on any atom is 0.225 e. The molecule has 0 atom stereocenters. The predicted molar refractivity (Wildman–Crippen MR) is 167 cm³/mol. The Bertz CT molecular complexity index is 1340. The first-order valence-corrected chi connectivity index (χ1v) is 15.8. The minimum absolute atomic E-state index is 0.117. The van der Waals surface area contributed by atoms with Crippen LogP contribution in [0.15, 0.2) is 30.7 Å². The molecule has 1 amide bonds. The van der Waals surface area contributed by atoms with Crippen LogP contribution in [0.2, 0.25) is 0 Å². The van der Waals surface area contributed by atoms with E-state index in [1.165, 1.54) is 0 Å². The zero-order valence-corrected chi connectivity index (χ0v) is 26.5. The van der Waals surface area contributed by atoms with Crippen LogP contribution in [0.1, 0.15) is 59.1 Å². The summed E-state index contributed by atoms with van der Waals surface area (Å²) >= 11 is 0. The average Bonchev–Trinajstić information content (AvgIpc) is 3.42. The number of pyridine rings is 1. The zero-order chi connectivity index (χ0) is 30.4. The quantitative estimate of drug-likeness (QED) is 0.328. The molecule has 0 radical (unpaired) electrons. The summed E-state index contributed by atoms with van der Waals surface area (Å²) in [6, 6.07) is 5.76. The molecule has 0 spiro atoms. The van der Waals surface area contributed by atoms with E-state index < -0.39 is 0 Å². The summed E-state index contributed by atoms with van der Waals surface area (Å²) in [7, 11) is 1.77. The summed E-state index contributed by atoms with van der Waals surface area (Å²) in [6.45, 7) is 15.5. The molecule has 3 aromatic rings. The molecule has 0 aromatic carbocycles. The Morgan fingerprint density at radius 1 is 1.07 bits per heavy atom. The fraction of sp³-hybridized carbons (Fsp3) is 0.656. The summed E-state index contributed by atoms with van der Waals surface area (Å²) in [5, 5.41) is 5.52. The van der Waals surface area contributed by atoms with Crippen molar-refractivity contribution in [3.05, 3.63) is 36.4 Å². The van der Waals surface area contributed by atoms with Crippen LogP contribution in [0.3, 0.4) is 0 Å². The number of rotatable bonds is 11. The lowest BCUT2D eigenvalue weighted by Crippen LogP contribution is -2.51. The van der Waals surface area contributed by atoms with Gasteiger partial charge in [-0.05, 0) is 65.4 Å². The SMILES string of the molecule is CCOc1cccc(Cn2ncc3c(N4CCN(C(=O)C5CCC(CN(CCOC)C(C)(C)C)CC5)CC4)ncnc32)n1. The highest BCUT2D eigenvalue weighted by atomic mass is 16.5. The summed E-state index contributed by atoms with van der Waals surface area (Å²) in [5.41, 5.74) is 1.75. The maximum absolute atomic E-state index is 13.5. The van der Waals surface area contributed by atoms with E-state index in [0.29, 0.717) is 43.9 Å². The first kappa shape index (κ1) is 31.1. The first-order valence-electron chi connectivity index (χ1n) is 15.8. The number of methoxy groups -OCH3 is 1. The van der Waals surface area contributed by atoms with Crippen molar-refractivity contribution in [3.63, 3.8) is 0 Å². The molecule has 2 fully saturated rings. The van der Waals surface area contributed by atoms with Gasteiger partial charge in [-0.15, -0.1) is 0 Å². The number of carbonyl (C=O) groups excluding carboxylic acids is 1. The molecule has 1 aliphatic carbocycles. The lowest BCUT2D eigenvalue weighted by atomic mass is 9.80. The third-order valence-corrected chi connectivity index (χ3v) is 8.88. The monoisotopic (exact) mass is 592 g/mol. The van der Waals surface area contributed by atoms with E-state index in [0.717, 1.165) is 81.0 Å². The second-order valence-corrected chi connectivity index (χ2v) is 12.8. The van der Waals surface area contributed by atoms with Gasteiger partial charge in [-0.1, -0.05) is 6.07 Å². The molecule has 3 aromatic heterocycles. The molecule has 4 heterocycles. The molecule has 11 heteroatoms. The number of aromatic nitrogens is 5. The van der Waals surface area contributed by atoms with E-state index in [1.54, 1.807) is 13.4 Å². The maximum atomic E-state index is 13.5. The van der Waals surface area contributed by atoms with E-state index in [4.69, 9.17) is 9.47 Å². The third kappa shape index (κ3) is 7.62. The van der Waals surface area contributed by atoms with Gasteiger partial charge in [-0.2, -0.15) is 5.10 Å². The van der Waals surface area contributed by atoms with Crippen molar-refractivity contribution >= 4 is 22.8 Å². The zero-order valence-electron chi connectivity index (χ0n) is 26.5. The molecule has 11 nitrogen and oxygen atoms in total. The first-order chi connectivity index (χ1) is 20.8. The number of anilines is 1. The number of piperazine rings is 1. The van der Waals surface area contributed by atoms with Crippen LogP contribution in [-0.4, -0.2) is 106 Å². The summed E-state index contributed by atoms with van der Waals surface area (Å²) < 4.78 is 12.8. The molecule has 0 unspecified atom stereocenters.